The van der Waals surface area contributed by atoms with Crippen molar-refractivity contribution in [1.29, 1.82) is 0 Å². The summed E-state index contributed by atoms with van der Waals surface area (Å²) in [5.74, 6) is 0.275. The number of benzene rings is 1. The summed E-state index contributed by atoms with van der Waals surface area (Å²) in [6, 6.07) is 3.48. The van der Waals surface area contributed by atoms with E-state index in [0.717, 1.165) is 18.4 Å². The lowest BCUT2D eigenvalue weighted by Crippen LogP contribution is -2.16. The second kappa shape index (κ2) is 5.12. The van der Waals surface area contributed by atoms with Crippen molar-refractivity contribution in [2.45, 2.75) is 25.7 Å². The van der Waals surface area contributed by atoms with E-state index < -0.39 is 10.7 Å². The van der Waals surface area contributed by atoms with E-state index in [1.54, 1.807) is 0 Å². The van der Waals surface area contributed by atoms with Gasteiger partial charge in [0.15, 0.2) is 0 Å². The van der Waals surface area contributed by atoms with Crippen molar-refractivity contribution in [2.24, 2.45) is 5.92 Å². The van der Waals surface area contributed by atoms with Crippen molar-refractivity contribution >= 4 is 11.4 Å². The summed E-state index contributed by atoms with van der Waals surface area (Å²) in [6.07, 6.45) is 4.76. The number of nitrogens with one attached hydrogen (secondary N) is 1. The topological polar surface area (TPSA) is 55.2 Å². The van der Waals surface area contributed by atoms with E-state index >= 15 is 0 Å². The molecule has 2 rings (SSSR count). The predicted molar refractivity (Wildman–Crippen MR) is 63.5 cm³/mol. The highest BCUT2D eigenvalue weighted by Gasteiger charge is 2.18. The van der Waals surface area contributed by atoms with Gasteiger partial charge in [0.2, 0.25) is 0 Å². The number of halogens is 1. The molecule has 0 heterocycles. The molecule has 92 valence electrons. The Morgan fingerprint density at radius 2 is 2.24 bits per heavy atom. The third-order valence-electron chi connectivity index (χ3n) is 3.25. The summed E-state index contributed by atoms with van der Waals surface area (Å²) < 4.78 is 13.0. The van der Waals surface area contributed by atoms with Crippen molar-refractivity contribution in [3.63, 3.8) is 0 Å². The van der Waals surface area contributed by atoms with Crippen LogP contribution >= 0.6 is 0 Å². The molecule has 0 aliphatic heterocycles. The fourth-order valence-corrected chi connectivity index (χ4v) is 2.00. The van der Waals surface area contributed by atoms with Crippen molar-refractivity contribution in [2.75, 3.05) is 11.9 Å². The van der Waals surface area contributed by atoms with Crippen LogP contribution in [0.1, 0.15) is 25.7 Å². The van der Waals surface area contributed by atoms with Gasteiger partial charge in [-0.3, -0.25) is 10.1 Å². The molecule has 0 unspecified atom stereocenters. The van der Waals surface area contributed by atoms with E-state index in [9.17, 15) is 14.5 Å². The van der Waals surface area contributed by atoms with Gasteiger partial charge in [-0.15, -0.1) is 0 Å². The SMILES string of the molecule is O=[N+]([O-])c1ccc(F)cc1NCCC1CCC1. The van der Waals surface area contributed by atoms with Gasteiger partial charge in [-0.25, -0.2) is 4.39 Å². The fourth-order valence-electron chi connectivity index (χ4n) is 2.00. The number of nitro benzene ring substituents is 1. The lowest BCUT2D eigenvalue weighted by atomic mass is 9.83. The van der Waals surface area contributed by atoms with Crippen molar-refractivity contribution < 1.29 is 9.31 Å². The molecular weight excluding hydrogens is 223 g/mol. The first kappa shape index (κ1) is 11.8. The molecule has 17 heavy (non-hydrogen) atoms. The minimum absolute atomic E-state index is 0.0694. The zero-order valence-corrected chi connectivity index (χ0v) is 9.49. The summed E-state index contributed by atoms with van der Waals surface area (Å²) in [5, 5.41) is 13.7. The van der Waals surface area contributed by atoms with E-state index in [1.165, 1.54) is 31.4 Å². The van der Waals surface area contributed by atoms with Gasteiger partial charge in [-0.05, 0) is 18.4 Å². The quantitative estimate of drug-likeness (QED) is 0.632. The normalized spacial score (nSPS) is 15.4. The van der Waals surface area contributed by atoms with Gasteiger partial charge >= 0.3 is 0 Å². The molecule has 0 radical (unpaired) electrons. The number of nitrogens with zero attached hydrogens (tertiary/aromatic N) is 1. The molecule has 0 amide bonds. The highest BCUT2D eigenvalue weighted by atomic mass is 19.1. The van der Waals surface area contributed by atoms with Gasteiger partial charge < -0.3 is 5.32 Å². The molecule has 1 fully saturated rings. The average Bonchev–Trinajstić information content (AvgIpc) is 2.21. The summed E-state index contributed by atoms with van der Waals surface area (Å²) in [4.78, 5) is 10.2. The Morgan fingerprint density at radius 3 is 2.82 bits per heavy atom. The Balaban J connectivity index is 1.97. The molecule has 1 aromatic carbocycles. The highest BCUT2D eigenvalue weighted by Crippen LogP contribution is 2.30. The standard InChI is InChI=1S/C12H15FN2O2/c13-10-4-5-12(15(16)17)11(8-10)14-7-6-9-2-1-3-9/h4-5,8-9,14H,1-3,6-7H2. The van der Waals surface area contributed by atoms with E-state index in [1.807, 2.05) is 0 Å². The van der Waals surface area contributed by atoms with E-state index in [0.29, 0.717) is 6.54 Å². The number of hydrogen-bond acceptors (Lipinski definition) is 3. The lowest BCUT2D eigenvalue weighted by Gasteiger charge is -2.25. The molecule has 0 aromatic heterocycles. The second-order valence-corrected chi connectivity index (χ2v) is 4.43. The van der Waals surface area contributed by atoms with Gasteiger partial charge in [0.05, 0.1) is 4.92 Å². The summed E-state index contributed by atoms with van der Waals surface area (Å²) in [7, 11) is 0. The van der Waals surface area contributed by atoms with Gasteiger partial charge in [-0.1, -0.05) is 19.3 Å². The summed E-state index contributed by atoms with van der Waals surface area (Å²) in [5.41, 5.74) is 0.203. The van der Waals surface area contributed by atoms with Crippen LogP contribution in [0.25, 0.3) is 0 Å². The molecule has 1 aromatic rings. The van der Waals surface area contributed by atoms with Crippen LogP contribution in [0.3, 0.4) is 0 Å². The first-order valence-electron chi connectivity index (χ1n) is 5.84. The van der Waals surface area contributed by atoms with Crippen molar-refractivity contribution in [3.05, 3.63) is 34.1 Å². The average molecular weight is 238 g/mol. The van der Waals surface area contributed by atoms with Crippen LogP contribution in [-0.2, 0) is 0 Å². The maximum Gasteiger partial charge on any atom is 0.292 e. The first-order valence-corrected chi connectivity index (χ1v) is 5.84. The molecular formula is C12H15FN2O2. The first-order chi connectivity index (χ1) is 8.16. The Bertz CT molecular complexity index is 419. The smallest absolute Gasteiger partial charge is 0.292 e. The molecule has 4 nitrogen and oxygen atoms in total. The molecule has 1 aliphatic carbocycles. The Morgan fingerprint density at radius 1 is 1.47 bits per heavy atom. The number of nitro groups is 1. The molecule has 0 atom stereocenters. The number of anilines is 1. The monoisotopic (exact) mass is 238 g/mol. The lowest BCUT2D eigenvalue weighted by molar-refractivity contribution is -0.384. The van der Waals surface area contributed by atoms with Crippen molar-refractivity contribution in [1.82, 2.24) is 0 Å². The fraction of sp³-hybridized carbons (Fsp3) is 0.500. The third kappa shape index (κ3) is 2.93. The Kier molecular flexibility index (Phi) is 3.56. The molecule has 1 aliphatic rings. The second-order valence-electron chi connectivity index (χ2n) is 4.43. The Hall–Kier alpha value is -1.65. The summed E-state index contributed by atoms with van der Waals surface area (Å²) in [6.45, 7) is 0.662. The number of hydrogen-bond donors (Lipinski definition) is 1. The van der Waals surface area contributed by atoms with Crippen LogP contribution in [0.2, 0.25) is 0 Å². The van der Waals surface area contributed by atoms with E-state index in [-0.39, 0.29) is 11.4 Å². The third-order valence-corrected chi connectivity index (χ3v) is 3.25. The zero-order chi connectivity index (χ0) is 12.3. The van der Waals surface area contributed by atoms with Crippen LogP contribution < -0.4 is 5.32 Å². The van der Waals surface area contributed by atoms with Crippen LogP contribution in [0.5, 0.6) is 0 Å². The van der Waals surface area contributed by atoms with Crippen molar-refractivity contribution in [3.8, 4) is 0 Å². The van der Waals surface area contributed by atoms with E-state index in [2.05, 4.69) is 5.32 Å². The predicted octanol–water partition coefficient (Wildman–Crippen LogP) is 3.34. The molecule has 0 spiro atoms. The Labute approximate surface area is 99.0 Å². The van der Waals surface area contributed by atoms with Gasteiger partial charge in [0.25, 0.3) is 5.69 Å². The van der Waals surface area contributed by atoms with Gasteiger partial charge in [0.1, 0.15) is 11.5 Å². The molecule has 1 saturated carbocycles. The van der Waals surface area contributed by atoms with Crippen LogP contribution in [0.15, 0.2) is 18.2 Å². The van der Waals surface area contributed by atoms with Gasteiger partial charge in [0, 0.05) is 18.7 Å². The van der Waals surface area contributed by atoms with E-state index in [4.69, 9.17) is 0 Å². The van der Waals surface area contributed by atoms with Gasteiger partial charge in [-0.2, -0.15) is 0 Å². The van der Waals surface area contributed by atoms with Crippen LogP contribution in [0, 0.1) is 21.8 Å². The minimum Gasteiger partial charge on any atom is -0.379 e. The molecule has 0 saturated heterocycles. The minimum atomic E-state index is -0.495. The maximum absolute atomic E-state index is 13.0. The van der Waals surface area contributed by atoms with Crippen LogP contribution in [0.4, 0.5) is 15.8 Å². The summed E-state index contributed by atoms with van der Waals surface area (Å²) >= 11 is 0. The molecule has 0 bridgehead atoms. The largest absolute Gasteiger partial charge is 0.379 e. The van der Waals surface area contributed by atoms with Crippen LogP contribution in [-0.4, -0.2) is 11.5 Å². The maximum atomic E-state index is 13.0. The zero-order valence-electron chi connectivity index (χ0n) is 9.49. The number of rotatable bonds is 5. The highest BCUT2D eigenvalue weighted by molar-refractivity contribution is 5.61. The molecule has 1 N–H and O–H groups in total. The molecule has 5 heteroatoms.